The van der Waals surface area contributed by atoms with Gasteiger partial charge in [-0.05, 0) is 66.1 Å². The SMILES string of the molecule is C=CC(=O)N1CCC(c2cc(-c3ccc(Oc4cc(C(=O)O)ccn4)cc3)n3cnccc23)C1. The fourth-order valence-electron chi connectivity index (χ4n) is 4.38. The number of pyridine rings is 1. The molecule has 0 spiro atoms. The lowest BCUT2D eigenvalue weighted by Crippen LogP contribution is -2.26. The van der Waals surface area contributed by atoms with Crippen molar-refractivity contribution in [2.75, 3.05) is 13.1 Å². The van der Waals surface area contributed by atoms with Crippen LogP contribution in [0.3, 0.4) is 0 Å². The lowest BCUT2D eigenvalue weighted by molar-refractivity contribution is -0.125. The highest BCUT2D eigenvalue weighted by atomic mass is 16.5. The molecule has 1 N–H and O–H groups in total. The van der Waals surface area contributed by atoms with Crippen LogP contribution in [0.5, 0.6) is 11.6 Å². The third-order valence-electron chi connectivity index (χ3n) is 6.08. The Hall–Kier alpha value is -4.46. The van der Waals surface area contributed by atoms with Gasteiger partial charge in [0.1, 0.15) is 5.75 Å². The first kappa shape index (κ1) is 21.4. The van der Waals surface area contributed by atoms with Crippen LogP contribution >= 0.6 is 0 Å². The number of fused-ring (bicyclic) bond motifs is 1. The van der Waals surface area contributed by atoms with E-state index in [9.17, 15) is 9.59 Å². The summed E-state index contributed by atoms with van der Waals surface area (Å²) in [5.74, 6) is -0.0667. The van der Waals surface area contributed by atoms with Crippen LogP contribution in [0.4, 0.5) is 0 Å². The van der Waals surface area contributed by atoms with Crippen LogP contribution in [0, 0.1) is 0 Å². The lowest BCUT2D eigenvalue weighted by Gasteiger charge is -2.13. The van der Waals surface area contributed by atoms with Crippen molar-refractivity contribution in [3.63, 3.8) is 0 Å². The summed E-state index contributed by atoms with van der Waals surface area (Å²) < 4.78 is 7.80. The number of hydrogen-bond donors (Lipinski definition) is 1. The average molecular weight is 454 g/mol. The van der Waals surface area contributed by atoms with E-state index in [-0.39, 0.29) is 23.3 Å². The van der Waals surface area contributed by atoms with Crippen LogP contribution in [0.15, 0.2) is 79.9 Å². The number of hydrogen-bond acceptors (Lipinski definition) is 5. The molecule has 1 saturated heterocycles. The van der Waals surface area contributed by atoms with E-state index in [2.05, 4.69) is 27.0 Å². The summed E-state index contributed by atoms with van der Waals surface area (Å²) >= 11 is 0. The zero-order chi connectivity index (χ0) is 23.7. The number of carboxylic acid groups (broad SMARTS) is 1. The van der Waals surface area contributed by atoms with Crippen LogP contribution < -0.4 is 4.74 Å². The molecule has 1 aromatic carbocycles. The molecule has 0 aliphatic carbocycles. The molecule has 0 bridgehead atoms. The number of likely N-dealkylation sites (tertiary alicyclic amines) is 1. The van der Waals surface area contributed by atoms with Crippen molar-refractivity contribution in [3.05, 3.63) is 91.0 Å². The Balaban J connectivity index is 1.43. The second-order valence-electron chi connectivity index (χ2n) is 8.11. The molecule has 8 heteroatoms. The van der Waals surface area contributed by atoms with Gasteiger partial charge in [0.2, 0.25) is 11.8 Å². The van der Waals surface area contributed by atoms with Gasteiger partial charge in [0.25, 0.3) is 0 Å². The number of amides is 1. The highest BCUT2D eigenvalue weighted by molar-refractivity contribution is 5.88. The first-order valence-corrected chi connectivity index (χ1v) is 10.9. The first-order chi connectivity index (χ1) is 16.5. The lowest BCUT2D eigenvalue weighted by atomic mass is 9.99. The number of ether oxygens (including phenoxy) is 1. The Bertz CT molecular complexity index is 1390. The zero-order valence-electron chi connectivity index (χ0n) is 18.3. The number of carbonyl (C=O) groups excluding carboxylic acids is 1. The molecule has 170 valence electrons. The standard InChI is InChI=1S/C26H22N4O4/c1-2-25(31)29-12-9-19(15-29)21-14-23(30-16-27-10-8-22(21)30)17-3-5-20(6-4-17)34-24-13-18(26(32)33)7-11-28-24/h2-8,10-11,13-14,16,19H,1,9,12,15H2,(H,32,33). The minimum absolute atomic E-state index is 0.0353. The van der Waals surface area contributed by atoms with Crippen LogP contribution in [0.25, 0.3) is 16.8 Å². The Kier molecular flexibility index (Phi) is 5.55. The van der Waals surface area contributed by atoms with Gasteiger partial charge in [0, 0.05) is 37.5 Å². The van der Waals surface area contributed by atoms with Gasteiger partial charge < -0.3 is 19.1 Å². The highest BCUT2D eigenvalue weighted by Gasteiger charge is 2.28. The smallest absolute Gasteiger partial charge is 0.335 e. The van der Waals surface area contributed by atoms with Crippen molar-refractivity contribution < 1.29 is 19.4 Å². The molecular weight excluding hydrogens is 432 g/mol. The molecule has 1 atom stereocenters. The molecule has 1 unspecified atom stereocenters. The summed E-state index contributed by atoms with van der Waals surface area (Å²) in [4.78, 5) is 33.4. The molecule has 1 amide bonds. The quantitative estimate of drug-likeness (QED) is 0.434. The van der Waals surface area contributed by atoms with Crippen molar-refractivity contribution in [1.82, 2.24) is 19.3 Å². The molecule has 1 aliphatic heterocycles. The summed E-state index contributed by atoms with van der Waals surface area (Å²) in [6.45, 7) is 4.99. The zero-order valence-corrected chi connectivity index (χ0v) is 18.3. The van der Waals surface area contributed by atoms with Crippen LogP contribution in [-0.2, 0) is 4.79 Å². The van der Waals surface area contributed by atoms with Crippen LogP contribution in [-0.4, -0.2) is 49.3 Å². The van der Waals surface area contributed by atoms with E-state index in [1.165, 1.54) is 30.0 Å². The van der Waals surface area contributed by atoms with Crippen molar-refractivity contribution >= 4 is 17.4 Å². The molecule has 0 radical (unpaired) electrons. The Labute approximate surface area is 195 Å². The van der Waals surface area contributed by atoms with Crippen LogP contribution in [0.1, 0.15) is 28.3 Å². The van der Waals surface area contributed by atoms with E-state index in [1.807, 2.05) is 35.2 Å². The third kappa shape index (κ3) is 4.01. The van der Waals surface area contributed by atoms with Gasteiger partial charge in [0.05, 0.1) is 23.1 Å². The monoisotopic (exact) mass is 454 g/mol. The summed E-state index contributed by atoms with van der Waals surface area (Å²) in [6, 6.07) is 14.5. The van der Waals surface area contributed by atoms with E-state index < -0.39 is 5.97 Å². The molecule has 1 aliphatic rings. The van der Waals surface area contributed by atoms with Gasteiger partial charge in [0.15, 0.2) is 0 Å². The number of benzene rings is 1. The maximum absolute atomic E-state index is 12.0. The normalized spacial score (nSPS) is 15.4. The molecular formula is C26H22N4O4. The number of nitrogens with zero attached hydrogens (tertiary/aromatic N) is 4. The number of aromatic carboxylic acids is 1. The predicted octanol–water partition coefficient (Wildman–Crippen LogP) is 4.39. The Morgan fingerprint density at radius 2 is 1.94 bits per heavy atom. The van der Waals surface area contributed by atoms with Crippen molar-refractivity contribution in [3.8, 4) is 22.9 Å². The third-order valence-corrected chi connectivity index (χ3v) is 6.08. The van der Waals surface area contributed by atoms with Gasteiger partial charge in [-0.3, -0.25) is 4.79 Å². The molecule has 4 heterocycles. The molecule has 0 saturated carbocycles. The first-order valence-electron chi connectivity index (χ1n) is 10.9. The predicted molar refractivity (Wildman–Crippen MR) is 126 cm³/mol. The van der Waals surface area contributed by atoms with Crippen molar-refractivity contribution in [1.29, 1.82) is 0 Å². The summed E-state index contributed by atoms with van der Waals surface area (Å²) in [7, 11) is 0. The van der Waals surface area contributed by atoms with E-state index in [4.69, 9.17) is 9.84 Å². The largest absolute Gasteiger partial charge is 0.478 e. The van der Waals surface area contributed by atoms with Crippen molar-refractivity contribution in [2.24, 2.45) is 0 Å². The number of rotatable bonds is 6. The second-order valence-corrected chi connectivity index (χ2v) is 8.11. The number of carboxylic acids is 1. The minimum Gasteiger partial charge on any atom is -0.478 e. The maximum atomic E-state index is 12.0. The Morgan fingerprint density at radius 1 is 1.12 bits per heavy atom. The summed E-state index contributed by atoms with van der Waals surface area (Å²) in [5, 5.41) is 9.14. The molecule has 1 fully saturated rings. The van der Waals surface area contributed by atoms with Gasteiger partial charge in [-0.1, -0.05) is 6.58 Å². The summed E-state index contributed by atoms with van der Waals surface area (Å²) in [6.07, 6.45) is 7.24. The maximum Gasteiger partial charge on any atom is 0.335 e. The summed E-state index contributed by atoms with van der Waals surface area (Å²) in [5.41, 5.74) is 4.33. The fourth-order valence-corrected chi connectivity index (χ4v) is 4.38. The minimum atomic E-state index is -1.04. The van der Waals surface area contributed by atoms with E-state index in [1.54, 1.807) is 12.5 Å². The fraction of sp³-hybridized carbons (Fsp3) is 0.154. The van der Waals surface area contributed by atoms with E-state index in [0.717, 1.165) is 29.7 Å². The van der Waals surface area contributed by atoms with E-state index >= 15 is 0 Å². The van der Waals surface area contributed by atoms with Gasteiger partial charge in [-0.2, -0.15) is 0 Å². The molecule has 34 heavy (non-hydrogen) atoms. The molecule has 4 aromatic rings. The average Bonchev–Trinajstić information content (AvgIpc) is 3.50. The van der Waals surface area contributed by atoms with Gasteiger partial charge in [-0.15, -0.1) is 0 Å². The molecule has 5 rings (SSSR count). The highest BCUT2D eigenvalue weighted by Crippen LogP contribution is 2.36. The Morgan fingerprint density at radius 3 is 2.71 bits per heavy atom. The van der Waals surface area contributed by atoms with E-state index in [0.29, 0.717) is 12.3 Å². The molecule has 8 nitrogen and oxygen atoms in total. The molecule has 3 aromatic heterocycles. The van der Waals surface area contributed by atoms with Crippen molar-refractivity contribution in [2.45, 2.75) is 12.3 Å². The topological polar surface area (TPSA) is 97.0 Å². The van der Waals surface area contributed by atoms with Gasteiger partial charge in [-0.25, -0.2) is 14.8 Å². The van der Waals surface area contributed by atoms with Gasteiger partial charge >= 0.3 is 5.97 Å². The second kappa shape index (κ2) is 8.82. The van der Waals surface area contributed by atoms with Crippen LogP contribution in [0.2, 0.25) is 0 Å². The number of carbonyl (C=O) groups is 2. The number of aromatic nitrogens is 3.